The number of aromatic nitrogens is 1. The van der Waals surface area contributed by atoms with Crippen LogP contribution in [-0.2, 0) is 16.6 Å². The first-order valence-corrected chi connectivity index (χ1v) is 8.15. The van der Waals surface area contributed by atoms with Crippen LogP contribution in [0.4, 0.5) is 0 Å². The number of carbonyl (C=O) groups excluding carboxylic acids is 1. The lowest BCUT2D eigenvalue weighted by Gasteiger charge is -2.16. The molecule has 1 unspecified atom stereocenters. The molecule has 0 radical (unpaired) electrons. The quantitative estimate of drug-likeness (QED) is 0.924. The topological polar surface area (TPSA) is 45.2 Å². The van der Waals surface area contributed by atoms with Crippen LogP contribution in [0.3, 0.4) is 0 Å². The zero-order valence-electron chi connectivity index (χ0n) is 12.9. The molecule has 1 atom stereocenters. The number of thiazole rings is 1. The molecular formula is C15H25N3OS. The lowest BCUT2D eigenvalue weighted by Crippen LogP contribution is -2.31. The molecule has 0 aliphatic carbocycles. The Morgan fingerprint density at radius 3 is 2.90 bits per heavy atom. The number of hydrogen-bond acceptors (Lipinski definition) is 4. The predicted octanol–water partition coefficient (Wildman–Crippen LogP) is 2.05. The third-order valence-electron chi connectivity index (χ3n) is 3.66. The Balaban J connectivity index is 1.90. The first kappa shape index (κ1) is 15.4. The van der Waals surface area contributed by atoms with Crippen molar-refractivity contribution in [3.8, 4) is 0 Å². The molecule has 1 saturated heterocycles. The summed E-state index contributed by atoms with van der Waals surface area (Å²) in [5.41, 5.74) is 0.985. The van der Waals surface area contributed by atoms with Crippen LogP contribution in [0.1, 0.15) is 37.9 Å². The van der Waals surface area contributed by atoms with E-state index in [1.807, 2.05) is 17.3 Å². The van der Waals surface area contributed by atoms with Gasteiger partial charge in [0, 0.05) is 23.9 Å². The molecule has 112 valence electrons. The monoisotopic (exact) mass is 295 g/mol. The van der Waals surface area contributed by atoms with Crippen LogP contribution in [0.25, 0.3) is 0 Å². The molecule has 1 amide bonds. The molecule has 1 aliphatic heterocycles. The molecule has 2 rings (SSSR count). The molecule has 0 spiro atoms. The van der Waals surface area contributed by atoms with Crippen LogP contribution in [0.5, 0.6) is 0 Å². The number of nitrogens with zero attached hydrogens (tertiary/aromatic N) is 2. The molecule has 1 fully saturated rings. The van der Waals surface area contributed by atoms with Gasteiger partial charge in [-0.05, 0) is 25.9 Å². The Morgan fingerprint density at radius 2 is 2.30 bits per heavy atom. The van der Waals surface area contributed by atoms with Crippen molar-refractivity contribution in [1.29, 1.82) is 0 Å². The number of amides is 1. The summed E-state index contributed by atoms with van der Waals surface area (Å²) < 4.78 is 0. The third-order valence-corrected chi connectivity index (χ3v) is 4.97. The number of hydrogen-bond donors (Lipinski definition) is 1. The van der Waals surface area contributed by atoms with Crippen molar-refractivity contribution in [3.63, 3.8) is 0 Å². The molecule has 4 nitrogen and oxygen atoms in total. The maximum Gasteiger partial charge on any atom is 0.228 e. The lowest BCUT2D eigenvalue weighted by molar-refractivity contribution is -0.129. The maximum atomic E-state index is 12.3. The van der Waals surface area contributed by atoms with Gasteiger partial charge in [0.25, 0.3) is 0 Å². The summed E-state index contributed by atoms with van der Waals surface area (Å²) in [6, 6.07) is 0. The number of likely N-dealkylation sites (tertiary alicyclic amines) is 1. The highest BCUT2D eigenvalue weighted by Crippen LogP contribution is 2.26. The van der Waals surface area contributed by atoms with E-state index in [1.54, 1.807) is 11.3 Å². The second-order valence-corrected chi connectivity index (χ2v) is 7.48. The van der Waals surface area contributed by atoms with E-state index in [4.69, 9.17) is 0 Å². The van der Waals surface area contributed by atoms with E-state index in [1.165, 1.54) is 0 Å². The van der Waals surface area contributed by atoms with Crippen LogP contribution in [-0.4, -0.2) is 42.5 Å². The highest BCUT2D eigenvalue weighted by molar-refractivity contribution is 7.09. The summed E-state index contributed by atoms with van der Waals surface area (Å²) in [6.45, 7) is 9.23. The van der Waals surface area contributed by atoms with Gasteiger partial charge in [-0.2, -0.15) is 0 Å². The SMILES string of the molecule is CNCC1CCN(C(=O)Cc2csc(C(C)(C)C)n2)C1. The van der Waals surface area contributed by atoms with E-state index in [0.29, 0.717) is 12.3 Å². The van der Waals surface area contributed by atoms with Crippen molar-refractivity contribution in [1.82, 2.24) is 15.2 Å². The van der Waals surface area contributed by atoms with E-state index in [2.05, 4.69) is 31.1 Å². The zero-order valence-corrected chi connectivity index (χ0v) is 13.7. The zero-order chi connectivity index (χ0) is 14.8. The highest BCUT2D eigenvalue weighted by atomic mass is 32.1. The second-order valence-electron chi connectivity index (χ2n) is 6.62. The highest BCUT2D eigenvalue weighted by Gasteiger charge is 2.26. The van der Waals surface area contributed by atoms with Crippen molar-refractivity contribution in [2.24, 2.45) is 5.92 Å². The van der Waals surface area contributed by atoms with Crippen molar-refractivity contribution in [3.05, 3.63) is 16.1 Å². The smallest absolute Gasteiger partial charge is 0.228 e. The van der Waals surface area contributed by atoms with Gasteiger partial charge >= 0.3 is 0 Å². The van der Waals surface area contributed by atoms with E-state index >= 15 is 0 Å². The fraction of sp³-hybridized carbons (Fsp3) is 0.733. The Labute approximate surface area is 125 Å². The van der Waals surface area contributed by atoms with Gasteiger partial charge in [-0.15, -0.1) is 11.3 Å². The van der Waals surface area contributed by atoms with Crippen LogP contribution >= 0.6 is 11.3 Å². The van der Waals surface area contributed by atoms with Gasteiger partial charge in [-0.3, -0.25) is 4.79 Å². The third kappa shape index (κ3) is 3.79. The van der Waals surface area contributed by atoms with E-state index < -0.39 is 0 Å². The minimum atomic E-state index is 0.0670. The largest absolute Gasteiger partial charge is 0.342 e. The number of nitrogens with one attached hydrogen (secondary N) is 1. The summed E-state index contributed by atoms with van der Waals surface area (Å²) in [4.78, 5) is 18.9. The first-order valence-electron chi connectivity index (χ1n) is 7.27. The van der Waals surface area contributed by atoms with Crippen molar-refractivity contribution < 1.29 is 4.79 Å². The Morgan fingerprint density at radius 1 is 1.55 bits per heavy atom. The van der Waals surface area contributed by atoms with Gasteiger partial charge in [-0.25, -0.2) is 4.98 Å². The van der Waals surface area contributed by atoms with Crippen molar-refractivity contribution >= 4 is 17.2 Å². The molecule has 1 aliphatic rings. The molecule has 2 heterocycles. The Kier molecular flexibility index (Phi) is 4.81. The minimum Gasteiger partial charge on any atom is -0.342 e. The molecule has 1 N–H and O–H groups in total. The maximum absolute atomic E-state index is 12.3. The average molecular weight is 295 g/mol. The normalized spacial score (nSPS) is 19.6. The lowest BCUT2D eigenvalue weighted by atomic mass is 9.98. The molecule has 0 saturated carbocycles. The van der Waals surface area contributed by atoms with E-state index in [9.17, 15) is 4.79 Å². The van der Waals surface area contributed by atoms with E-state index in [0.717, 1.165) is 36.8 Å². The van der Waals surface area contributed by atoms with Crippen LogP contribution in [0.2, 0.25) is 0 Å². The molecule has 20 heavy (non-hydrogen) atoms. The summed E-state index contributed by atoms with van der Waals surface area (Å²) >= 11 is 1.66. The van der Waals surface area contributed by atoms with Crippen molar-refractivity contribution in [2.75, 3.05) is 26.7 Å². The first-order chi connectivity index (χ1) is 9.40. The average Bonchev–Trinajstić information content (AvgIpc) is 2.97. The van der Waals surface area contributed by atoms with Gasteiger partial charge in [-0.1, -0.05) is 20.8 Å². The van der Waals surface area contributed by atoms with Crippen LogP contribution in [0.15, 0.2) is 5.38 Å². The Hall–Kier alpha value is -0.940. The molecule has 5 heteroatoms. The van der Waals surface area contributed by atoms with Gasteiger partial charge in [0.15, 0.2) is 0 Å². The number of rotatable bonds is 4. The summed E-state index contributed by atoms with van der Waals surface area (Å²) in [5.74, 6) is 0.818. The standard InChI is InChI=1S/C15H25N3OS/c1-15(2,3)14-17-12(10-20-14)7-13(19)18-6-5-11(9-18)8-16-4/h10-11,16H,5-9H2,1-4H3. The second kappa shape index (κ2) is 6.22. The summed E-state index contributed by atoms with van der Waals surface area (Å²) in [6.07, 6.45) is 1.55. The van der Waals surface area contributed by atoms with Gasteiger partial charge in [0.05, 0.1) is 17.1 Å². The number of carbonyl (C=O) groups is 1. The van der Waals surface area contributed by atoms with Crippen LogP contribution < -0.4 is 5.32 Å². The molecule has 0 aromatic carbocycles. The summed E-state index contributed by atoms with van der Waals surface area (Å²) in [7, 11) is 1.97. The fourth-order valence-corrected chi connectivity index (χ4v) is 3.42. The summed E-state index contributed by atoms with van der Waals surface area (Å²) in [5, 5.41) is 6.32. The van der Waals surface area contributed by atoms with Crippen LogP contribution in [0, 0.1) is 5.92 Å². The minimum absolute atomic E-state index is 0.0670. The van der Waals surface area contributed by atoms with Gasteiger partial charge < -0.3 is 10.2 Å². The fourth-order valence-electron chi connectivity index (χ4n) is 2.51. The predicted molar refractivity (Wildman–Crippen MR) is 83.1 cm³/mol. The van der Waals surface area contributed by atoms with Gasteiger partial charge in [0.1, 0.15) is 0 Å². The van der Waals surface area contributed by atoms with Gasteiger partial charge in [0.2, 0.25) is 5.91 Å². The molecular weight excluding hydrogens is 270 g/mol. The molecule has 0 bridgehead atoms. The Bertz CT molecular complexity index is 464. The van der Waals surface area contributed by atoms with Crippen molar-refractivity contribution in [2.45, 2.75) is 39.0 Å². The van der Waals surface area contributed by atoms with E-state index in [-0.39, 0.29) is 11.3 Å². The molecule has 1 aromatic rings. The molecule has 1 aromatic heterocycles.